The predicted octanol–water partition coefficient (Wildman–Crippen LogP) is 3.56. The highest BCUT2D eigenvalue weighted by Gasteiger charge is 2.07. The lowest BCUT2D eigenvalue weighted by atomic mass is 10.1. The van der Waals surface area contributed by atoms with E-state index in [2.05, 4.69) is 31.1 Å². The smallest absolute Gasteiger partial charge is 0.127 e. The number of nitrogens with one attached hydrogen (secondary N) is 1. The molecule has 0 radical (unpaired) electrons. The molecule has 1 N–H and O–H groups in total. The van der Waals surface area contributed by atoms with E-state index in [1.807, 2.05) is 12.1 Å². The van der Waals surface area contributed by atoms with Crippen molar-refractivity contribution in [3.05, 3.63) is 35.1 Å². The summed E-state index contributed by atoms with van der Waals surface area (Å²) >= 11 is 0. The zero-order valence-corrected chi connectivity index (χ0v) is 12.5. The second-order valence-electron chi connectivity index (χ2n) is 5.15. The molecule has 0 unspecified atom stereocenters. The molecule has 0 aliphatic heterocycles. The van der Waals surface area contributed by atoms with Crippen LogP contribution in [0, 0.1) is 5.82 Å². The van der Waals surface area contributed by atoms with Crippen LogP contribution in [0.5, 0.6) is 0 Å². The number of hydrogen-bond acceptors (Lipinski definition) is 2. The highest BCUT2D eigenvalue weighted by atomic mass is 19.1. The van der Waals surface area contributed by atoms with E-state index in [1.54, 1.807) is 6.07 Å². The second-order valence-corrected chi connectivity index (χ2v) is 5.15. The molecule has 1 rings (SSSR count). The summed E-state index contributed by atoms with van der Waals surface area (Å²) in [5.41, 5.74) is 1.95. The maximum absolute atomic E-state index is 13.8. The molecule has 0 saturated carbocycles. The highest BCUT2D eigenvalue weighted by molar-refractivity contribution is 5.25. The van der Waals surface area contributed by atoms with Gasteiger partial charge in [0.05, 0.1) is 0 Å². The van der Waals surface area contributed by atoms with Crippen LogP contribution in [0.25, 0.3) is 0 Å². The van der Waals surface area contributed by atoms with Crippen LogP contribution in [0.3, 0.4) is 0 Å². The maximum atomic E-state index is 13.8. The third-order valence-electron chi connectivity index (χ3n) is 3.27. The van der Waals surface area contributed by atoms with Crippen LogP contribution in [0.1, 0.15) is 44.2 Å². The van der Waals surface area contributed by atoms with Crippen molar-refractivity contribution in [3.8, 4) is 0 Å². The lowest BCUT2D eigenvalue weighted by Crippen LogP contribution is -2.20. The minimum Gasteiger partial charge on any atom is -0.313 e. The lowest BCUT2D eigenvalue weighted by molar-refractivity contribution is 0.313. The first-order valence-electron chi connectivity index (χ1n) is 7.34. The van der Waals surface area contributed by atoms with Crippen molar-refractivity contribution in [2.24, 2.45) is 0 Å². The number of hydrogen-bond donors (Lipinski definition) is 1. The van der Waals surface area contributed by atoms with Crippen LogP contribution in [-0.4, -0.2) is 25.0 Å². The molecular formula is C16H27FN2. The monoisotopic (exact) mass is 266 g/mol. The summed E-state index contributed by atoms with van der Waals surface area (Å²) in [4.78, 5) is 2.20. The molecule has 0 heterocycles. The van der Waals surface area contributed by atoms with E-state index in [4.69, 9.17) is 0 Å². The normalized spacial score (nSPS) is 11.2. The van der Waals surface area contributed by atoms with E-state index in [0.717, 1.165) is 30.8 Å². The summed E-state index contributed by atoms with van der Waals surface area (Å²) in [6, 6.07) is 5.43. The molecule has 1 aromatic rings. The summed E-state index contributed by atoms with van der Waals surface area (Å²) in [5, 5.41) is 3.27. The topological polar surface area (TPSA) is 15.3 Å². The van der Waals surface area contributed by atoms with E-state index in [1.165, 1.54) is 19.3 Å². The Bertz CT molecular complexity index is 366. The molecule has 2 nitrogen and oxygen atoms in total. The molecule has 19 heavy (non-hydrogen) atoms. The van der Waals surface area contributed by atoms with Gasteiger partial charge in [-0.3, -0.25) is 0 Å². The van der Waals surface area contributed by atoms with E-state index >= 15 is 0 Å². The van der Waals surface area contributed by atoms with E-state index in [9.17, 15) is 4.39 Å². The number of rotatable bonds is 9. The number of halogens is 1. The predicted molar refractivity (Wildman–Crippen MR) is 79.6 cm³/mol. The summed E-state index contributed by atoms with van der Waals surface area (Å²) in [7, 11) is 2.06. The van der Waals surface area contributed by atoms with Crippen LogP contribution < -0.4 is 5.32 Å². The van der Waals surface area contributed by atoms with Crippen molar-refractivity contribution in [1.82, 2.24) is 10.2 Å². The Morgan fingerprint density at radius 1 is 1.21 bits per heavy atom. The van der Waals surface area contributed by atoms with Crippen molar-refractivity contribution in [1.29, 1.82) is 0 Å². The molecular weight excluding hydrogens is 239 g/mol. The van der Waals surface area contributed by atoms with Crippen LogP contribution in [0.4, 0.5) is 4.39 Å². The molecule has 1 aromatic carbocycles. The molecule has 0 atom stereocenters. The van der Waals surface area contributed by atoms with Crippen molar-refractivity contribution >= 4 is 0 Å². The molecule has 0 aromatic heterocycles. The van der Waals surface area contributed by atoms with E-state index in [0.29, 0.717) is 6.54 Å². The summed E-state index contributed by atoms with van der Waals surface area (Å²) in [6.45, 7) is 7.74. The Kier molecular flexibility index (Phi) is 7.68. The molecule has 0 aliphatic carbocycles. The molecule has 0 amide bonds. The standard InChI is InChI=1S/C16H27FN2/c1-4-6-7-10-19(3)13-15-11-14(12-18-5-2)8-9-16(15)17/h8-9,11,18H,4-7,10,12-13H2,1-3H3. The van der Waals surface area contributed by atoms with Gasteiger partial charge in [0, 0.05) is 18.7 Å². The summed E-state index contributed by atoms with van der Waals surface area (Å²) in [5.74, 6) is -0.0948. The van der Waals surface area contributed by atoms with E-state index in [-0.39, 0.29) is 5.82 Å². The van der Waals surface area contributed by atoms with E-state index < -0.39 is 0 Å². The molecule has 0 aliphatic rings. The van der Waals surface area contributed by atoms with Gasteiger partial charge in [0.15, 0.2) is 0 Å². The zero-order valence-electron chi connectivity index (χ0n) is 12.5. The number of unbranched alkanes of at least 4 members (excludes halogenated alkanes) is 2. The van der Waals surface area contributed by atoms with Crippen LogP contribution in [0.15, 0.2) is 18.2 Å². The van der Waals surface area contributed by atoms with Crippen LogP contribution in [0.2, 0.25) is 0 Å². The van der Waals surface area contributed by atoms with Crippen molar-refractivity contribution in [3.63, 3.8) is 0 Å². The third-order valence-corrected chi connectivity index (χ3v) is 3.27. The van der Waals surface area contributed by atoms with Gasteiger partial charge in [-0.25, -0.2) is 4.39 Å². The summed E-state index contributed by atoms with van der Waals surface area (Å²) in [6.07, 6.45) is 3.65. The fourth-order valence-corrected chi connectivity index (χ4v) is 2.13. The first-order chi connectivity index (χ1) is 9.17. The minimum absolute atomic E-state index is 0.0948. The average Bonchev–Trinajstić information content (AvgIpc) is 2.40. The van der Waals surface area contributed by atoms with Gasteiger partial charge >= 0.3 is 0 Å². The van der Waals surface area contributed by atoms with Crippen molar-refractivity contribution in [2.75, 3.05) is 20.1 Å². The Labute approximate surface area is 117 Å². The highest BCUT2D eigenvalue weighted by Crippen LogP contribution is 2.13. The maximum Gasteiger partial charge on any atom is 0.127 e. The third kappa shape index (κ3) is 6.17. The van der Waals surface area contributed by atoms with Gasteiger partial charge in [-0.2, -0.15) is 0 Å². The minimum atomic E-state index is -0.0948. The SMILES string of the molecule is CCCCCN(C)Cc1cc(CNCC)ccc1F. The number of benzene rings is 1. The van der Waals surface area contributed by atoms with Gasteiger partial charge in [0.1, 0.15) is 5.82 Å². The quantitative estimate of drug-likeness (QED) is 0.688. The largest absolute Gasteiger partial charge is 0.313 e. The van der Waals surface area contributed by atoms with Crippen LogP contribution >= 0.6 is 0 Å². The summed E-state index contributed by atoms with van der Waals surface area (Å²) < 4.78 is 13.8. The molecule has 0 saturated heterocycles. The fourth-order valence-electron chi connectivity index (χ4n) is 2.13. The van der Waals surface area contributed by atoms with Gasteiger partial charge in [-0.05, 0) is 38.2 Å². The van der Waals surface area contributed by atoms with Crippen molar-refractivity contribution in [2.45, 2.75) is 46.2 Å². The molecule has 0 spiro atoms. The first-order valence-corrected chi connectivity index (χ1v) is 7.34. The first kappa shape index (κ1) is 16.1. The van der Waals surface area contributed by atoms with Gasteiger partial charge in [-0.1, -0.05) is 38.8 Å². The Balaban J connectivity index is 2.55. The average molecular weight is 266 g/mol. The van der Waals surface area contributed by atoms with Gasteiger partial charge in [-0.15, -0.1) is 0 Å². The van der Waals surface area contributed by atoms with Gasteiger partial charge < -0.3 is 10.2 Å². The molecule has 108 valence electrons. The Morgan fingerprint density at radius 2 is 2.00 bits per heavy atom. The van der Waals surface area contributed by atoms with Gasteiger partial charge in [0.25, 0.3) is 0 Å². The van der Waals surface area contributed by atoms with Crippen molar-refractivity contribution < 1.29 is 4.39 Å². The number of nitrogens with zero attached hydrogens (tertiary/aromatic N) is 1. The molecule has 0 fully saturated rings. The second kappa shape index (κ2) is 9.05. The lowest BCUT2D eigenvalue weighted by Gasteiger charge is -2.17. The van der Waals surface area contributed by atoms with Gasteiger partial charge in [0.2, 0.25) is 0 Å². The van der Waals surface area contributed by atoms with Crippen LogP contribution in [-0.2, 0) is 13.1 Å². The molecule has 0 bridgehead atoms. The Morgan fingerprint density at radius 3 is 2.68 bits per heavy atom. The molecule has 3 heteroatoms. The zero-order chi connectivity index (χ0) is 14.1. The fraction of sp³-hybridized carbons (Fsp3) is 0.625. The Hall–Kier alpha value is -0.930.